The SMILES string of the molecule is COc1ccccc1[C@@H]1SCCN1S(=O)(=O)c1cccc2ccccc12. The zero-order chi connectivity index (χ0) is 18.1. The number of thioether (sulfide) groups is 1. The molecule has 0 saturated carbocycles. The number of sulfonamides is 1. The molecule has 134 valence electrons. The Labute approximate surface area is 157 Å². The molecule has 0 N–H and O–H groups in total. The molecule has 0 unspecified atom stereocenters. The highest BCUT2D eigenvalue weighted by atomic mass is 32.2. The van der Waals surface area contributed by atoms with Gasteiger partial charge in [0.2, 0.25) is 10.0 Å². The van der Waals surface area contributed by atoms with Crippen LogP contribution >= 0.6 is 11.8 Å². The van der Waals surface area contributed by atoms with E-state index in [-0.39, 0.29) is 5.37 Å². The third kappa shape index (κ3) is 2.88. The fourth-order valence-corrected chi connectivity index (χ4v) is 6.84. The summed E-state index contributed by atoms with van der Waals surface area (Å²) in [5.74, 6) is 1.47. The van der Waals surface area contributed by atoms with Crippen LogP contribution in [0.15, 0.2) is 71.6 Å². The fraction of sp³-hybridized carbons (Fsp3) is 0.200. The van der Waals surface area contributed by atoms with Crippen molar-refractivity contribution in [2.24, 2.45) is 0 Å². The lowest BCUT2D eigenvalue weighted by Gasteiger charge is -2.25. The molecule has 1 aliphatic rings. The minimum Gasteiger partial charge on any atom is -0.496 e. The molecule has 0 aromatic heterocycles. The summed E-state index contributed by atoms with van der Waals surface area (Å²) in [5, 5.41) is 1.40. The Morgan fingerprint density at radius 1 is 1.00 bits per heavy atom. The van der Waals surface area contributed by atoms with Gasteiger partial charge in [-0.1, -0.05) is 54.6 Å². The minimum atomic E-state index is -3.63. The lowest BCUT2D eigenvalue weighted by Crippen LogP contribution is -2.30. The second-order valence-corrected chi connectivity index (χ2v) is 9.11. The first kappa shape index (κ1) is 17.4. The Morgan fingerprint density at radius 2 is 1.73 bits per heavy atom. The Hall–Kier alpha value is -2.02. The summed E-state index contributed by atoms with van der Waals surface area (Å²) in [6, 6.07) is 20.6. The smallest absolute Gasteiger partial charge is 0.245 e. The van der Waals surface area contributed by atoms with Crippen molar-refractivity contribution in [1.82, 2.24) is 4.31 Å². The molecule has 1 atom stereocenters. The maximum atomic E-state index is 13.5. The van der Waals surface area contributed by atoms with E-state index in [1.165, 1.54) is 0 Å². The molecule has 3 aromatic rings. The molecule has 0 aliphatic carbocycles. The van der Waals surface area contributed by atoms with Gasteiger partial charge in [0, 0.05) is 23.2 Å². The molecule has 0 spiro atoms. The van der Waals surface area contributed by atoms with Crippen LogP contribution < -0.4 is 4.74 Å². The molecule has 4 rings (SSSR count). The van der Waals surface area contributed by atoms with Crippen molar-refractivity contribution in [3.05, 3.63) is 72.3 Å². The summed E-state index contributed by atoms with van der Waals surface area (Å²) >= 11 is 1.63. The number of hydrogen-bond acceptors (Lipinski definition) is 4. The zero-order valence-corrected chi connectivity index (χ0v) is 16.0. The van der Waals surface area contributed by atoms with E-state index in [0.29, 0.717) is 17.2 Å². The summed E-state index contributed by atoms with van der Waals surface area (Å²) in [6.45, 7) is 0.485. The van der Waals surface area contributed by atoms with E-state index < -0.39 is 10.0 Å². The van der Waals surface area contributed by atoms with E-state index in [9.17, 15) is 8.42 Å². The monoisotopic (exact) mass is 385 g/mol. The third-order valence-electron chi connectivity index (χ3n) is 4.59. The second-order valence-electron chi connectivity index (χ2n) is 6.06. The van der Waals surface area contributed by atoms with Crippen LogP contribution in [-0.4, -0.2) is 32.1 Å². The average molecular weight is 386 g/mol. The lowest BCUT2D eigenvalue weighted by molar-refractivity contribution is 0.390. The van der Waals surface area contributed by atoms with Crippen LogP contribution in [0, 0.1) is 0 Å². The predicted octanol–water partition coefficient (Wildman–Crippen LogP) is 4.28. The first-order valence-electron chi connectivity index (χ1n) is 8.37. The molecule has 26 heavy (non-hydrogen) atoms. The Kier molecular flexibility index (Phi) is 4.65. The van der Waals surface area contributed by atoms with Gasteiger partial charge >= 0.3 is 0 Å². The predicted molar refractivity (Wildman–Crippen MR) is 106 cm³/mol. The van der Waals surface area contributed by atoms with Crippen molar-refractivity contribution in [3.63, 3.8) is 0 Å². The van der Waals surface area contributed by atoms with E-state index in [2.05, 4.69) is 0 Å². The zero-order valence-electron chi connectivity index (χ0n) is 14.3. The normalized spacial score (nSPS) is 18.3. The van der Waals surface area contributed by atoms with Crippen LogP contribution in [0.4, 0.5) is 0 Å². The van der Waals surface area contributed by atoms with Crippen molar-refractivity contribution in [1.29, 1.82) is 0 Å². The quantitative estimate of drug-likeness (QED) is 0.672. The van der Waals surface area contributed by atoms with Gasteiger partial charge in [0.1, 0.15) is 5.75 Å². The third-order valence-corrected chi connectivity index (χ3v) is 7.89. The molecule has 0 bridgehead atoms. The Balaban J connectivity index is 1.82. The van der Waals surface area contributed by atoms with Crippen molar-refractivity contribution in [2.75, 3.05) is 19.4 Å². The van der Waals surface area contributed by atoms with Crippen LogP contribution in [-0.2, 0) is 10.0 Å². The van der Waals surface area contributed by atoms with Crippen LogP contribution in [0.5, 0.6) is 5.75 Å². The average Bonchev–Trinajstić information content (AvgIpc) is 3.18. The van der Waals surface area contributed by atoms with Crippen molar-refractivity contribution in [3.8, 4) is 5.75 Å². The number of methoxy groups -OCH3 is 1. The van der Waals surface area contributed by atoms with Gasteiger partial charge in [0.25, 0.3) is 0 Å². The molecule has 6 heteroatoms. The van der Waals surface area contributed by atoms with Gasteiger partial charge in [-0.2, -0.15) is 4.31 Å². The highest BCUT2D eigenvalue weighted by Gasteiger charge is 2.38. The van der Waals surface area contributed by atoms with Crippen molar-refractivity contribution >= 4 is 32.6 Å². The first-order valence-corrected chi connectivity index (χ1v) is 10.9. The molecule has 1 fully saturated rings. The highest BCUT2D eigenvalue weighted by Crippen LogP contribution is 2.45. The van der Waals surface area contributed by atoms with Crippen LogP contribution in [0.3, 0.4) is 0 Å². The van der Waals surface area contributed by atoms with Gasteiger partial charge in [-0.05, 0) is 17.5 Å². The van der Waals surface area contributed by atoms with Crippen LogP contribution in [0.1, 0.15) is 10.9 Å². The van der Waals surface area contributed by atoms with Crippen molar-refractivity contribution in [2.45, 2.75) is 10.3 Å². The molecule has 4 nitrogen and oxygen atoms in total. The molecule has 0 amide bonds. The number of para-hydroxylation sites is 1. The second kappa shape index (κ2) is 6.95. The van der Waals surface area contributed by atoms with Gasteiger partial charge in [-0.3, -0.25) is 0 Å². The van der Waals surface area contributed by atoms with E-state index in [1.54, 1.807) is 35.3 Å². The van der Waals surface area contributed by atoms with Crippen LogP contribution in [0.25, 0.3) is 10.8 Å². The summed E-state index contributed by atoms with van der Waals surface area (Å²) in [5.41, 5.74) is 0.890. The Bertz CT molecular complexity index is 1040. The lowest BCUT2D eigenvalue weighted by atomic mass is 10.1. The first-order chi connectivity index (χ1) is 12.6. The van der Waals surface area contributed by atoms with Gasteiger partial charge in [0.05, 0.1) is 17.4 Å². The van der Waals surface area contributed by atoms with E-state index >= 15 is 0 Å². The summed E-state index contributed by atoms with van der Waals surface area (Å²) in [6.07, 6.45) is 0. The van der Waals surface area contributed by atoms with Crippen LogP contribution in [0.2, 0.25) is 0 Å². The number of fused-ring (bicyclic) bond motifs is 1. The largest absolute Gasteiger partial charge is 0.496 e. The molecular weight excluding hydrogens is 366 g/mol. The highest BCUT2D eigenvalue weighted by molar-refractivity contribution is 8.01. The fourth-order valence-electron chi connectivity index (χ4n) is 3.36. The van der Waals surface area contributed by atoms with E-state index in [4.69, 9.17) is 4.74 Å². The maximum Gasteiger partial charge on any atom is 0.245 e. The maximum absolute atomic E-state index is 13.5. The standard InChI is InChI=1S/C20H19NO3S2/c1-24-18-11-5-4-10-17(18)20-21(13-14-25-20)26(22,23)19-12-6-8-15-7-2-3-9-16(15)19/h2-12,20H,13-14H2,1H3/t20-/m0/s1. The topological polar surface area (TPSA) is 46.6 Å². The molecule has 1 heterocycles. The number of hydrogen-bond donors (Lipinski definition) is 0. The van der Waals surface area contributed by atoms with Gasteiger partial charge in [0.15, 0.2) is 0 Å². The van der Waals surface area contributed by atoms with E-state index in [1.807, 2.05) is 54.6 Å². The molecule has 1 aliphatic heterocycles. The summed E-state index contributed by atoms with van der Waals surface area (Å²) in [7, 11) is -2.02. The minimum absolute atomic E-state index is 0.282. The summed E-state index contributed by atoms with van der Waals surface area (Å²) in [4.78, 5) is 0.359. The molecule has 3 aromatic carbocycles. The molecule has 1 saturated heterocycles. The number of rotatable bonds is 4. The number of ether oxygens (including phenoxy) is 1. The number of benzene rings is 3. The van der Waals surface area contributed by atoms with Gasteiger partial charge < -0.3 is 4.74 Å². The molecule has 0 radical (unpaired) electrons. The molecular formula is C20H19NO3S2. The van der Waals surface area contributed by atoms with Crippen molar-refractivity contribution < 1.29 is 13.2 Å². The van der Waals surface area contributed by atoms with Gasteiger partial charge in [-0.15, -0.1) is 11.8 Å². The number of nitrogens with zero attached hydrogens (tertiary/aromatic N) is 1. The Morgan fingerprint density at radius 3 is 2.58 bits per heavy atom. The van der Waals surface area contributed by atoms with Gasteiger partial charge in [-0.25, -0.2) is 8.42 Å². The van der Waals surface area contributed by atoms with E-state index in [0.717, 1.165) is 22.1 Å². The summed E-state index contributed by atoms with van der Waals surface area (Å²) < 4.78 is 34.1.